The molecule has 3 N–H and O–H groups in total. The Morgan fingerprint density at radius 2 is 2.06 bits per heavy atom. The van der Waals surface area contributed by atoms with Gasteiger partial charge in [0.1, 0.15) is 17.1 Å². The molecule has 8 heteroatoms. The van der Waals surface area contributed by atoms with Crippen LogP contribution in [0.2, 0.25) is 0 Å². The highest BCUT2D eigenvalue weighted by Gasteiger charge is 2.46. The van der Waals surface area contributed by atoms with Gasteiger partial charge in [-0.3, -0.25) is 4.79 Å². The number of carbonyl (C=O) groups excluding carboxylic acids is 1. The quantitative estimate of drug-likeness (QED) is 0.400. The van der Waals surface area contributed by atoms with Crippen molar-refractivity contribution in [1.82, 2.24) is 4.90 Å². The van der Waals surface area contributed by atoms with Gasteiger partial charge in [0.05, 0.1) is 31.1 Å². The van der Waals surface area contributed by atoms with Crippen molar-refractivity contribution in [3.8, 4) is 11.5 Å². The maximum Gasteiger partial charge on any atom is 0.331 e. The third kappa shape index (κ3) is 4.19. The molecule has 0 saturated carbocycles. The van der Waals surface area contributed by atoms with Gasteiger partial charge in [-0.25, -0.2) is 4.79 Å². The molecular weight excluding hydrogens is 426 g/mol. The smallest absolute Gasteiger partial charge is 0.331 e. The summed E-state index contributed by atoms with van der Waals surface area (Å²) in [4.78, 5) is 27.0. The molecule has 2 heterocycles. The number of carboxylic acids is 1. The molecule has 3 atom stereocenters. The maximum absolute atomic E-state index is 13.4. The van der Waals surface area contributed by atoms with Gasteiger partial charge in [-0.1, -0.05) is 32.4 Å². The van der Waals surface area contributed by atoms with Crippen LogP contribution in [0.25, 0.3) is 0 Å². The molecule has 0 bridgehead atoms. The van der Waals surface area contributed by atoms with Crippen LogP contribution in [0, 0.1) is 0 Å². The zero-order valence-corrected chi connectivity index (χ0v) is 19.8. The Labute approximate surface area is 194 Å². The van der Waals surface area contributed by atoms with Gasteiger partial charge in [0.2, 0.25) is 0 Å². The summed E-state index contributed by atoms with van der Waals surface area (Å²) in [6, 6.07) is 0.228. The Hall–Kier alpha value is -3.00. The molecule has 8 nitrogen and oxygen atoms in total. The van der Waals surface area contributed by atoms with E-state index in [1.54, 1.807) is 26.0 Å². The van der Waals surface area contributed by atoms with E-state index in [-0.39, 0.29) is 24.3 Å². The molecular formula is C25H33NO7. The summed E-state index contributed by atoms with van der Waals surface area (Å²) in [6.45, 7) is 7.29. The number of aliphatic hydroxyl groups excluding tert-OH is 2. The summed E-state index contributed by atoms with van der Waals surface area (Å²) >= 11 is 0. The lowest BCUT2D eigenvalue weighted by Gasteiger charge is -2.41. The van der Waals surface area contributed by atoms with E-state index in [1.165, 1.54) is 18.1 Å². The second kappa shape index (κ2) is 9.47. The van der Waals surface area contributed by atoms with E-state index in [0.29, 0.717) is 41.0 Å². The molecule has 33 heavy (non-hydrogen) atoms. The van der Waals surface area contributed by atoms with Crippen molar-refractivity contribution < 1.29 is 34.4 Å². The zero-order chi connectivity index (χ0) is 24.5. The fourth-order valence-corrected chi connectivity index (χ4v) is 4.76. The number of fused-ring (bicyclic) bond motifs is 3. The second-order valence-electron chi connectivity index (χ2n) is 8.73. The number of benzene rings is 1. The van der Waals surface area contributed by atoms with Gasteiger partial charge in [-0.05, 0) is 26.3 Å². The number of nitrogens with zero attached hydrogens (tertiary/aromatic N) is 1. The molecule has 1 aromatic carbocycles. The molecule has 0 radical (unpaired) electrons. The first-order valence-electron chi connectivity index (χ1n) is 11.3. The summed E-state index contributed by atoms with van der Waals surface area (Å²) in [5.74, 6) is -0.904. The standard InChI is InChI=1S/C25H33NO7/c1-6-9-14(18(27)8-3)21(24(30)31)26-13-17-15(23(26)29)11-19(32-5)16-12-20(28)25(4,10-7-2)33-22(16)17/h6,9,11,20-21,27-28H,7-8,10,12-13H2,1-5H3,(H,30,31)/b9-6-,18-14-. The molecule has 2 aliphatic rings. The average molecular weight is 460 g/mol. The van der Waals surface area contributed by atoms with Crippen molar-refractivity contribution in [2.45, 2.75) is 77.7 Å². The largest absolute Gasteiger partial charge is 0.512 e. The summed E-state index contributed by atoms with van der Waals surface area (Å²) in [6.07, 6.45) is 4.37. The number of aliphatic hydroxyl groups is 2. The highest BCUT2D eigenvalue weighted by Crippen LogP contribution is 2.47. The third-order valence-corrected chi connectivity index (χ3v) is 6.52. The minimum Gasteiger partial charge on any atom is -0.512 e. The van der Waals surface area contributed by atoms with E-state index in [4.69, 9.17) is 9.47 Å². The number of carboxylic acid groups (broad SMARTS) is 1. The van der Waals surface area contributed by atoms with E-state index in [0.717, 1.165) is 6.42 Å². The molecule has 0 aromatic heterocycles. The first kappa shape index (κ1) is 24.6. The van der Waals surface area contributed by atoms with Crippen LogP contribution in [0.3, 0.4) is 0 Å². The van der Waals surface area contributed by atoms with Crippen molar-refractivity contribution >= 4 is 11.9 Å². The Kier molecular flexibility index (Phi) is 7.07. The lowest BCUT2D eigenvalue weighted by Crippen LogP contribution is -2.49. The summed E-state index contributed by atoms with van der Waals surface area (Å²) in [5, 5.41) is 31.2. The Morgan fingerprint density at radius 1 is 1.36 bits per heavy atom. The second-order valence-corrected chi connectivity index (χ2v) is 8.73. The van der Waals surface area contributed by atoms with Crippen LogP contribution in [0.5, 0.6) is 11.5 Å². The zero-order valence-electron chi connectivity index (χ0n) is 19.8. The van der Waals surface area contributed by atoms with E-state index in [1.807, 2.05) is 13.8 Å². The molecule has 2 aliphatic heterocycles. The lowest BCUT2D eigenvalue weighted by atomic mass is 9.84. The number of carbonyl (C=O) groups is 2. The molecule has 3 rings (SSSR count). The molecule has 0 saturated heterocycles. The monoisotopic (exact) mass is 459 g/mol. The van der Waals surface area contributed by atoms with Gasteiger partial charge in [-0.2, -0.15) is 0 Å². The number of aliphatic carboxylic acids is 1. The van der Waals surface area contributed by atoms with Crippen molar-refractivity contribution in [3.63, 3.8) is 0 Å². The molecule has 180 valence electrons. The minimum absolute atomic E-state index is 0.00775. The topological polar surface area (TPSA) is 117 Å². The number of hydrogen-bond donors (Lipinski definition) is 3. The third-order valence-electron chi connectivity index (χ3n) is 6.52. The molecule has 0 fully saturated rings. The number of rotatable bonds is 8. The van der Waals surface area contributed by atoms with Crippen LogP contribution in [0.15, 0.2) is 29.6 Å². The predicted molar refractivity (Wildman–Crippen MR) is 123 cm³/mol. The van der Waals surface area contributed by atoms with Crippen molar-refractivity contribution in [2.24, 2.45) is 0 Å². The van der Waals surface area contributed by atoms with Crippen LogP contribution in [-0.2, 0) is 17.8 Å². The molecule has 1 amide bonds. The van der Waals surface area contributed by atoms with Crippen LogP contribution in [0.1, 0.15) is 68.4 Å². The van der Waals surface area contributed by atoms with E-state index >= 15 is 0 Å². The van der Waals surface area contributed by atoms with Gasteiger partial charge in [0.15, 0.2) is 6.04 Å². The lowest BCUT2D eigenvalue weighted by molar-refractivity contribution is -0.141. The van der Waals surface area contributed by atoms with Crippen LogP contribution >= 0.6 is 0 Å². The number of amides is 1. The summed E-state index contributed by atoms with van der Waals surface area (Å²) in [5.41, 5.74) is 0.886. The van der Waals surface area contributed by atoms with Gasteiger partial charge in [0, 0.05) is 29.5 Å². The number of hydrogen-bond acceptors (Lipinski definition) is 6. The van der Waals surface area contributed by atoms with Crippen LogP contribution < -0.4 is 9.47 Å². The molecule has 3 unspecified atom stereocenters. The Morgan fingerprint density at radius 3 is 2.61 bits per heavy atom. The molecule has 0 aliphatic carbocycles. The van der Waals surface area contributed by atoms with Gasteiger partial charge < -0.3 is 29.7 Å². The number of allylic oxidation sites excluding steroid dienone is 2. The van der Waals surface area contributed by atoms with Crippen molar-refractivity contribution in [2.75, 3.05) is 7.11 Å². The first-order valence-corrected chi connectivity index (χ1v) is 11.3. The Bertz CT molecular complexity index is 1010. The van der Waals surface area contributed by atoms with Gasteiger partial charge in [-0.15, -0.1) is 0 Å². The normalized spacial score (nSPS) is 23.6. The van der Waals surface area contributed by atoms with Crippen molar-refractivity contribution in [3.05, 3.63) is 46.2 Å². The summed E-state index contributed by atoms with van der Waals surface area (Å²) < 4.78 is 11.8. The van der Waals surface area contributed by atoms with Gasteiger partial charge in [0.25, 0.3) is 5.91 Å². The van der Waals surface area contributed by atoms with E-state index < -0.39 is 29.6 Å². The number of ether oxygens (including phenoxy) is 2. The van der Waals surface area contributed by atoms with Crippen molar-refractivity contribution in [1.29, 1.82) is 0 Å². The fraction of sp³-hybridized carbons (Fsp3) is 0.520. The molecule has 0 spiro atoms. The Balaban J connectivity index is 2.15. The van der Waals surface area contributed by atoms with E-state index in [2.05, 4.69) is 0 Å². The average Bonchev–Trinajstić information content (AvgIpc) is 3.09. The molecule has 1 aromatic rings. The summed E-state index contributed by atoms with van der Waals surface area (Å²) in [7, 11) is 1.48. The van der Waals surface area contributed by atoms with Crippen LogP contribution in [0.4, 0.5) is 0 Å². The fourth-order valence-electron chi connectivity index (χ4n) is 4.76. The van der Waals surface area contributed by atoms with Crippen LogP contribution in [-0.4, -0.2) is 57.0 Å². The maximum atomic E-state index is 13.4. The van der Waals surface area contributed by atoms with E-state index in [9.17, 15) is 24.9 Å². The van der Waals surface area contributed by atoms with Gasteiger partial charge >= 0.3 is 5.97 Å². The highest BCUT2D eigenvalue weighted by atomic mass is 16.5. The minimum atomic E-state index is -1.36. The predicted octanol–water partition coefficient (Wildman–Crippen LogP) is 3.76. The first-order chi connectivity index (χ1) is 15.6. The SMILES string of the molecule is C/C=C\C(=C(\O)CC)C(C(=O)O)N1Cc2c(cc(OC)c3c2OC(C)(CCC)C(O)C3)C1=O. The highest BCUT2D eigenvalue weighted by molar-refractivity contribution is 6.02. The number of methoxy groups -OCH3 is 1.